The topological polar surface area (TPSA) is 42.4 Å². The Bertz CT molecular complexity index is 320. The molecule has 0 amide bonds. The number of hydrogen-bond acceptors (Lipinski definition) is 4. The minimum absolute atomic E-state index is 0.392. The Morgan fingerprint density at radius 3 is 3.06 bits per heavy atom. The van der Waals surface area contributed by atoms with E-state index in [1.807, 2.05) is 12.1 Å². The van der Waals surface area contributed by atoms with Gasteiger partial charge in [-0.25, -0.2) is 4.98 Å². The van der Waals surface area contributed by atoms with Crippen molar-refractivity contribution in [2.24, 2.45) is 0 Å². The lowest BCUT2D eigenvalue weighted by molar-refractivity contribution is 0.129. The first-order chi connectivity index (χ1) is 7.75. The Morgan fingerprint density at radius 2 is 2.50 bits per heavy atom. The minimum Gasteiger partial charge on any atom is -0.389 e. The first kappa shape index (κ1) is 11.9. The van der Waals surface area contributed by atoms with Gasteiger partial charge in [0.05, 0.1) is 17.2 Å². The second kappa shape index (κ2) is 5.66. The van der Waals surface area contributed by atoms with Crippen LogP contribution in [0, 0.1) is 0 Å². The van der Waals surface area contributed by atoms with Crippen LogP contribution >= 0.6 is 11.8 Å². The van der Waals surface area contributed by atoms with E-state index in [4.69, 9.17) is 4.74 Å². The zero-order chi connectivity index (χ0) is 11.4. The SMILES string of the molecule is C[C@@H](O)c1ccc(SCC2CCCO2)nc1. The number of aliphatic hydroxyl groups is 1. The average Bonchev–Trinajstić information content (AvgIpc) is 2.80. The van der Waals surface area contributed by atoms with Crippen LogP contribution in [0.5, 0.6) is 0 Å². The van der Waals surface area contributed by atoms with Crippen molar-refractivity contribution in [1.82, 2.24) is 4.98 Å². The molecule has 0 spiro atoms. The smallest absolute Gasteiger partial charge is 0.0960 e. The molecule has 1 aliphatic rings. The molecule has 1 saturated heterocycles. The number of rotatable bonds is 4. The van der Waals surface area contributed by atoms with Crippen LogP contribution in [0.15, 0.2) is 23.4 Å². The highest BCUT2D eigenvalue weighted by Crippen LogP contribution is 2.23. The van der Waals surface area contributed by atoms with Gasteiger partial charge < -0.3 is 9.84 Å². The standard InChI is InChI=1S/C12H17NO2S/c1-9(14)10-4-5-12(13-7-10)16-8-11-3-2-6-15-11/h4-5,7,9,11,14H,2-3,6,8H2,1H3/t9-,11?/m1/s1. The van der Waals surface area contributed by atoms with Gasteiger partial charge in [0.25, 0.3) is 0 Å². The first-order valence-corrected chi connectivity index (χ1v) is 6.62. The van der Waals surface area contributed by atoms with E-state index in [-0.39, 0.29) is 0 Å². The van der Waals surface area contributed by atoms with Crippen LogP contribution in [-0.2, 0) is 4.74 Å². The van der Waals surface area contributed by atoms with E-state index in [1.54, 1.807) is 24.9 Å². The third-order valence-corrected chi connectivity index (χ3v) is 3.76. The molecule has 1 aromatic heterocycles. The summed E-state index contributed by atoms with van der Waals surface area (Å²) in [5, 5.41) is 10.4. The third kappa shape index (κ3) is 3.20. The molecule has 0 aromatic carbocycles. The molecule has 88 valence electrons. The van der Waals surface area contributed by atoms with Gasteiger partial charge in [-0.3, -0.25) is 0 Å². The summed E-state index contributed by atoms with van der Waals surface area (Å²) in [6, 6.07) is 3.89. The van der Waals surface area contributed by atoms with E-state index in [0.717, 1.165) is 22.9 Å². The molecule has 1 aromatic rings. The van der Waals surface area contributed by atoms with Crippen LogP contribution in [0.2, 0.25) is 0 Å². The van der Waals surface area contributed by atoms with Crippen LogP contribution in [0.1, 0.15) is 31.4 Å². The lowest BCUT2D eigenvalue weighted by Crippen LogP contribution is -2.07. The molecule has 2 rings (SSSR count). The molecule has 0 aliphatic carbocycles. The van der Waals surface area contributed by atoms with Gasteiger partial charge in [-0.05, 0) is 31.4 Å². The Kier molecular flexibility index (Phi) is 4.21. The van der Waals surface area contributed by atoms with Crippen LogP contribution in [-0.4, -0.2) is 28.6 Å². The number of ether oxygens (including phenoxy) is 1. The Labute approximate surface area is 100 Å². The van der Waals surface area contributed by atoms with Gasteiger partial charge in [-0.2, -0.15) is 0 Å². The summed E-state index contributed by atoms with van der Waals surface area (Å²) >= 11 is 1.72. The van der Waals surface area contributed by atoms with Crippen LogP contribution in [0.4, 0.5) is 0 Å². The molecular formula is C12H17NO2S. The summed E-state index contributed by atoms with van der Waals surface area (Å²) in [5.41, 5.74) is 0.862. The van der Waals surface area contributed by atoms with Crippen molar-refractivity contribution in [2.75, 3.05) is 12.4 Å². The fraction of sp³-hybridized carbons (Fsp3) is 0.583. The molecule has 2 heterocycles. The Hall–Kier alpha value is -0.580. The molecule has 0 saturated carbocycles. The summed E-state index contributed by atoms with van der Waals surface area (Å²) in [7, 11) is 0. The molecule has 1 N–H and O–H groups in total. The average molecular weight is 239 g/mol. The van der Waals surface area contributed by atoms with E-state index in [2.05, 4.69) is 4.98 Å². The van der Waals surface area contributed by atoms with Crippen molar-refractivity contribution in [3.8, 4) is 0 Å². The molecule has 3 nitrogen and oxygen atoms in total. The predicted octanol–water partition coefficient (Wildman–Crippen LogP) is 2.41. The van der Waals surface area contributed by atoms with Crippen LogP contribution in [0.3, 0.4) is 0 Å². The molecule has 0 radical (unpaired) electrons. The van der Waals surface area contributed by atoms with Crippen molar-refractivity contribution in [1.29, 1.82) is 0 Å². The number of hydrogen-bond donors (Lipinski definition) is 1. The van der Waals surface area contributed by atoms with Crippen LogP contribution < -0.4 is 0 Å². The molecule has 1 unspecified atom stereocenters. The molecule has 16 heavy (non-hydrogen) atoms. The van der Waals surface area contributed by atoms with Gasteiger partial charge in [-0.1, -0.05) is 6.07 Å². The highest BCUT2D eigenvalue weighted by molar-refractivity contribution is 7.99. The Morgan fingerprint density at radius 1 is 1.62 bits per heavy atom. The van der Waals surface area contributed by atoms with Crippen molar-refractivity contribution in [3.05, 3.63) is 23.9 Å². The van der Waals surface area contributed by atoms with E-state index >= 15 is 0 Å². The number of nitrogens with zero attached hydrogens (tertiary/aromatic N) is 1. The summed E-state index contributed by atoms with van der Waals surface area (Å²) in [6.07, 6.45) is 4.04. The highest BCUT2D eigenvalue weighted by Gasteiger charge is 2.15. The number of aromatic nitrogens is 1. The van der Waals surface area contributed by atoms with Gasteiger partial charge in [0.2, 0.25) is 0 Å². The van der Waals surface area contributed by atoms with Crippen molar-refractivity contribution >= 4 is 11.8 Å². The first-order valence-electron chi connectivity index (χ1n) is 5.64. The largest absolute Gasteiger partial charge is 0.389 e. The summed E-state index contributed by atoms with van der Waals surface area (Å²) < 4.78 is 5.55. The maximum atomic E-state index is 9.35. The normalized spacial score (nSPS) is 22.2. The molecular weight excluding hydrogens is 222 g/mol. The predicted molar refractivity (Wildman–Crippen MR) is 64.6 cm³/mol. The molecule has 4 heteroatoms. The summed E-state index contributed by atoms with van der Waals surface area (Å²) in [6.45, 7) is 2.65. The maximum Gasteiger partial charge on any atom is 0.0960 e. The molecule has 0 bridgehead atoms. The Balaban J connectivity index is 1.84. The van der Waals surface area contributed by atoms with Gasteiger partial charge in [0.1, 0.15) is 0 Å². The number of pyridine rings is 1. The second-order valence-corrected chi connectivity index (χ2v) is 5.09. The van der Waals surface area contributed by atoms with Crippen molar-refractivity contribution in [2.45, 2.75) is 37.0 Å². The maximum absolute atomic E-state index is 9.35. The van der Waals surface area contributed by atoms with Crippen LogP contribution in [0.25, 0.3) is 0 Å². The summed E-state index contributed by atoms with van der Waals surface area (Å²) in [4.78, 5) is 4.31. The summed E-state index contributed by atoms with van der Waals surface area (Å²) in [5.74, 6) is 0.973. The lowest BCUT2D eigenvalue weighted by atomic mass is 10.2. The van der Waals surface area contributed by atoms with E-state index < -0.39 is 6.10 Å². The zero-order valence-corrected chi connectivity index (χ0v) is 10.2. The number of aliphatic hydroxyl groups excluding tert-OH is 1. The number of thioether (sulfide) groups is 1. The second-order valence-electron chi connectivity index (χ2n) is 4.05. The van der Waals surface area contributed by atoms with Gasteiger partial charge >= 0.3 is 0 Å². The lowest BCUT2D eigenvalue weighted by Gasteiger charge is -2.09. The molecule has 2 atom stereocenters. The minimum atomic E-state index is -0.440. The van der Waals surface area contributed by atoms with Crippen molar-refractivity contribution < 1.29 is 9.84 Å². The van der Waals surface area contributed by atoms with E-state index in [1.165, 1.54) is 12.8 Å². The van der Waals surface area contributed by atoms with Gasteiger partial charge in [0, 0.05) is 18.6 Å². The van der Waals surface area contributed by atoms with E-state index in [0.29, 0.717) is 6.10 Å². The highest BCUT2D eigenvalue weighted by atomic mass is 32.2. The quantitative estimate of drug-likeness (QED) is 0.819. The fourth-order valence-electron chi connectivity index (χ4n) is 1.68. The monoisotopic (exact) mass is 239 g/mol. The molecule has 1 fully saturated rings. The third-order valence-electron chi connectivity index (χ3n) is 2.68. The van der Waals surface area contributed by atoms with E-state index in [9.17, 15) is 5.11 Å². The fourth-order valence-corrected chi connectivity index (χ4v) is 2.59. The van der Waals surface area contributed by atoms with Gasteiger partial charge in [-0.15, -0.1) is 11.8 Å². The van der Waals surface area contributed by atoms with Gasteiger partial charge in [0.15, 0.2) is 0 Å². The zero-order valence-electron chi connectivity index (χ0n) is 9.43. The van der Waals surface area contributed by atoms with Crippen molar-refractivity contribution in [3.63, 3.8) is 0 Å². The molecule has 1 aliphatic heterocycles.